The van der Waals surface area contributed by atoms with Crippen molar-refractivity contribution in [3.63, 3.8) is 0 Å². The third kappa shape index (κ3) is 3.60. The predicted octanol–water partition coefficient (Wildman–Crippen LogP) is 2.98. The van der Waals surface area contributed by atoms with Crippen LogP contribution in [0.5, 0.6) is 0 Å². The highest BCUT2D eigenvalue weighted by atomic mass is 32.1. The van der Waals surface area contributed by atoms with E-state index in [1.165, 1.54) is 11.1 Å². The molecule has 1 aromatic heterocycles. The average Bonchev–Trinajstić information content (AvgIpc) is 2.83. The van der Waals surface area contributed by atoms with Crippen LogP contribution < -0.4 is 11.1 Å². The molecule has 88 valence electrons. The molecule has 0 aliphatic carbocycles. The van der Waals surface area contributed by atoms with Crippen LogP contribution in [0.2, 0.25) is 0 Å². The smallest absolute Gasteiger partial charge is 0.193 e. The van der Waals surface area contributed by atoms with E-state index in [1.54, 1.807) is 11.3 Å². The van der Waals surface area contributed by atoms with Crippen LogP contribution in [-0.4, -0.2) is 5.96 Å². The molecule has 17 heavy (non-hydrogen) atoms. The number of aryl methyl sites for hydroxylation is 1. The van der Waals surface area contributed by atoms with Gasteiger partial charge < -0.3 is 11.1 Å². The van der Waals surface area contributed by atoms with Gasteiger partial charge in [0.25, 0.3) is 0 Å². The number of hydrogen-bond acceptors (Lipinski definition) is 2. The molecule has 3 nitrogen and oxygen atoms in total. The van der Waals surface area contributed by atoms with Crippen molar-refractivity contribution in [2.75, 3.05) is 5.32 Å². The minimum atomic E-state index is 0.444. The summed E-state index contributed by atoms with van der Waals surface area (Å²) >= 11 is 1.67. The van der Waals surface area contributed by atoms with Gasteiger partial charge in [0.05, 0.1) is 6.54 Å². The van der Waals surface area contributed by atoms with E-state index in [2.05, 4.69) is 22.6 Å². The van der Waals surface area contributed by atoms with Crippen molar-refractivity contribution >= 4 is 23.0 Å². The van der Waals surface area contributed by atoms with Crippen LogP contribution in [0.3, 0.4) is 0 Å². The Labute approximate surface area is 105 Å². The summed E-state index contributed by atoms with van der Waals surface area (Å²) in [7, 11) is 0. The van der Waals surface area contributed by atoms with Gasteiger partial charge in [-0.2, -0.15) is 11.3 Å². The largest absolute Gasteiger partial charge is 0.370 e. The molecule has 0 radical (unpaired) electrons. The second kappa shape index (κ2) is 5.50. The predicted molar refractivity (Wildman–Crippen MR) is 74.4 cm³/mol. The topological polar surface area (TPSA) is 50.4 Å². The van der Waals surface area contributed by atoms with Crippen molar-refractivity contribution in [1.29, 1.82) is 0 Å². The molecule has 4 heteroatoms. The van der Waals surface area contributed by atoms with Gasteiger partial charge in [-0.15, -0.1) is 0 Å². The first-order chi connectivity index (χ1) is 8.24. The Bertz CT molecular complexity index is 486. The number of anilines is 1. The molecule has 0 amide bonds. The zero-order valence-corrected chi connectivity index (χ0v) is 10.5. The van der Waals surface area contributed by atoms with Gasteiger partial charge in [-0.25, -0.2) is 4.99 Å². The van der Waals surface area contributed by atoms with Gasteiger partial charge in [-0.3, -0.25) is 0 Å². The highest BCUT2D eigenvalue weighted by Crippen LogP contribution is 2.09. The number of rotatable bonds is 3. The summed E-state index contributed by atoms with van der Waals surface area (Å²) in [6, 6.07) is 10.1. The summed E-state index contributed by atoms with van der Waals surface area (Å²) in [6.07, 6.45) is 0. The van der Waals surface area contributed by atoms with Crippen LogP contribution in [0.1, 0.15) is 11.1 Å². The molecule has 0 saturated heterocycles. The normalized spacial score (nSPS) is 11.5. The maximum absolute atomic E-state index is 5.80. The second-order valence-corrected chi connectivity index (χ2v) is 4.60. The maximum atomic E-state index is 5.80. The van der Waals surface area contributed by atoms with E-state index < -0.39 is 0 Å². The molecule has 1 aromatic carbocycles. The molecule has 2 rings (SSSR count). The summed E-state index contributed by atoms with van der Waals surface area (Å²) in [5.74, 6) is 0.444. The van der Waals surface area contributed by atoms with Gasteiger partial charge in [0, 0.05) is 5.69 Å². The molecule has 0 fully saturated rings. The van der Waals surface area contributed by atoms with Crippen molar-refractivity contribution < 1.29 is 0 Å². The zero-order valence-electron chi connectivity index (χ0n) is 9.68. The van der Waals surface area contributed by atoms with Crippen molar-refractivity contribution in [1.82, 2.24) is 0 Å². The van der Waals surface area contributed by atoms with Gasteiger partial charge in [0.2, 0.25) is 0 Å². The molecule has 0 saturated carbocycles. The van der Waals surface area contributed by atoms with E-state index in [0.717, 1.165) is 5.69 Å². The summed E-state index contributed by atoms with van der Waals surface area (Å²) in [4.78, 5) is 4.27. The summed E-state index contributed by atoms with van der Waals surface area (Å²) in [5.41, 5.74) is 9.17. The maximum Gasteiger partial charge on any atom is 0.193 e. The van der Waals surface area contributed by atoms with Crippen molar-refractivity contribution in [2.45, 2.75) is 13.5 Å². The number of nitrogens with zero attached hydrogens (tertiary/aromatic N) is 1. The molecule has 0 spiro atoms. The third-order valence-corrected chi connectivity index (χ3v) is 3.07. The molecular weight excluding hydrogens is 230 g/mol. The SMILES string of the molecule is Cc1ccc(NC(N)=NCc2ccsc2)cc1. The summed E-state index contributed by atoms with van der Waals surface area (Å²) in [5, 5.41) is 7.17. The highest BCUT2D eigenvalue weighted by Gasteiger charge is 1.95. The van der Waals surface area contributed by atoms with Crippen molar-refractivity contribution in [2.24, 2.45) is 10.7 Å². The standard InChI is InChI=1S/C13H15N3S/c1-10-2-4-12(5-3-10)16-13(14)15-8-11-6-7-17-9-11/h2-7,9H,8H2,1H3,(H3,14,15,16). The number of nitrogens with one attached hydrogen (secondary N) is 1. The van der Waals surface area contributed by atoms with Crippen LogP contribution in [0.25, 0.3) is 0 Å². The molecule has 0 unspecified atom stereocenters. The van der Waals surface area contributed by atoms with Crippen LogP contribution in [-0.2, 0) is 6.54 Å². The number of aliphatic imine (C=N–C) groups is 1. The van der Waals surface area contributed by atoms with E-state index in [4.69, 9.17) is 5.73 Å². The second-order valence-electron chi connectivity index (χ2n) is 3.82. The fraction of sp³-hybridized carbons (Fsp3) is 0.154. The Hall–Kier alpha value is -1.81. The zero-order chi connectivity index (χ0) is 12.1. The molecule has 0 aliphatic rings. The van der Waals surface area contributed by atoms with Crippen LogP contribution in [0.15, 0.2) is 46.1 Å². The lowest BCUT2D eigenvalue weighted by atomic mass is 10.2. The number of guanidine groups is 1. The van der Waals surface area contributed by atoms with Gasteiger partial charge in [0.15, 0.2) is 5.96 Å². The lowest BCUT2D eigenvalue weighted by molar-refractivity contribution is 1.07. The lowest BCUT2D eigenvalue weighted by Crippen LogP contribution is -2.22. The first-order valence-electron chi connectivity index (χ1n) is 5.39. The molecule has 2 aromatic rings. The molecule has 1 heterocycles. The van der Waals surface area contributed by atoms with Crippen LogP contribution in [0.4, 0.5) is 5.69 Å². The Balaban J connectivity index is 1.94. The van der Waals surface area contributed by atoms with Crippen molar-refractivity contribution in [3.8, 4) is 0 Å². The molecular formula is C13H15N3S. The monoisotopic (exact) mass is 245 g/mol. The van der Waals surface area contributed by atoms with Gasteiger partial charge in [0.1, 0.15) is 0 Å². The van der Waals surface area contributed by atoms with E-state index in [9.17, 15) is 0 Å². The van der Waals surface area contributed by atoms with Gasteiger partial charge >= 0.3 is 0 Å². The fourth-order valence-electron chi connectivity index (χ4n) is 1.38. The molecule has 3 N–H and O–H groups in total. The minimum absolute atomic E-state index is 0.444. The molecule has 0 bridgehead atoms. The number of thiophene rings is 1. The summed E-state index contributed by atoms with van der Waals surface area (Å²) < 4.78 is 0. The third-order valence-electron chi connectivity index (χ3n) is 2.34. The number of nitrogens with two attached hydrogens (primary N) is 1. The highest BCUT2D eigenvalue weighted by molar-refractivity contribution is 7.07. The Morgan fingerprint density at radius 1 is 1.29 bits per heavy atom. The number of hydrogen-bond donors (Lipinski definition) is 2. The quantitative estimate of drug-likeness (QED) is 0.645. The number of benzene rings is 1. The van der Waals surface area contributed by atoms with Crippen LogP contribution >= 0.6 is 11.3 Å². The Kier molecular flexibility index (Phi) is 3.77. The first-order valence-corrected chi connectivity index (χ1v) is 6.33. The van der Waals surface area contributed by atoms with Crippen LogP contribution in [0, 0.1) is 6.92 Å². The average molecular weight is 245 g/mol. The van der Waals surface area contributed by atoms with E-state index in [0.29, 0.717) is 12.5 Å². The van der Waals surface area contributed by atoms with Gasteiger partial charge in [-0.1, -0.05) is 17.7 Å². The Morgan fingerprint density at radius 3 is 2.71 bits per heavy atom. The molecule has 0 atom stereocenters. The summed E-state index contributed by atoms with van der Waals surface area (Å²) in [6.45, 7) is 2.67. The Morgan fingerprint density at radius 2 is 2.06 bits per heavy atom. The van der Waals surface area contributed by atoms with E-state index >= 15 is 0 Å². The van der Waals surface area contributed by atoms with E-state index in [-0.39, 0.29) is 0 Å². The molecule has 0 aliphatic heterocycles. The van der Waals surface area contributed by atoms with Gasteiger partial charge in [-0.05, 0) is 41.4 Å². The van der Waals surface area contributed by atoms with Crippen molar-refractivity contribution in [3.05, 3.63) is 52.2 Å². The minimum Gasteiger partial charge on any atom is -0.370 e. The first kappa shape index (κ1) is 11.7. The fourth-order valence-corrected chi connectivity index (χ4v) is 2.04. The lowest BCUT2D eigenvalue weighted by Gasteiger charge is -2.05. The van der Waals surface area contributed by atoms with E-state index in [1.807, 2.05) is 35.7 Å².